The van der Waals surface area contributed by atoms with Gasteiger partial charge in [0.05, 0.1) is 18.0 Å². The smallest absolute Gasteiger partial charge is 0.244 e. The summed E-state index contributed by atoms with van der Waals surface area (Å²) in [6.45, 7) is 7.59. The number of halogens is 1. The van der Waals surface area contributed by atoms with Crippen molar-refractivity contribution in [1.29, 1.82) is 0 Å². The molecule has 5 nitrogen and oxygen atoms in total. The third-order valence-electron chi connectivity index (χ3n) is 4.68. The van der Waals surface area contributed by atoms with E-state index in [1.165, 1.54) is 6.07 Å². The molecule has 2 atom stereocenters. The van der Waals surface area contributed by atoms with Gasteiger partial charge in [-0.15, -0.1) is 0 Å². The maximum atomic E-state index is 13.0. The summed E-state index contributed by atoms with van der Waals surface area (Å²) in [4.78, 5) is 13.0. The molecule has 0 heterocycles. The summed E-state index contributed by atoms with van der Waals surface area (Å²) in [6, 6.07) is 11.4. The first-order chi connectivity index (χ1) is 13.0. The molecule has 0 aromatic heterocycles. The monoisotopic (exact) mass is 422 g/mol. The average Bonchev–Trinajstić information content (AvgIpc) is 2.59. The Balaban J connectivity index is 2.31. The first kappa shape index (κ1) is 22.2. The van der Waals surface area contributed by atoms with Crippen molar-refractivity contribution in [1.82, 2.24) is 5.32 Å². The van der Waals surface area contributed by atoms with Crippen LogP contribution in [0.5, 0.6) is 0 Å². The fourth-order valence-corrected chi connectivity index (χ4v) is 4.68. The molecule has 1 N–H and O–H groups in total. The Labute approximate surface area is 172 Å². The summed E-state index contributed by atoms with van der Waals surface area (Å²) in [6.07, 6.45) is 1.78. The van der Waals surface area contributed by atoms with E-state index in [1.807, 2.05) is 32.9 Å². The highest BCUT2D eigenvalue weighted by molar-refractivity contribution is 7.92. The van der Waals surface area contributed by atoms with Gasteiger partial charge in [-0.25, -0.2) is 8.42 Å². The number of nitrogens with zero attached hydrogens (tertiary/aromatic N) is 1. The minimum Gasteiger partial charge on any atom is -0.347 e. The predicted molar refractivity (Wildman–Crippen MR) is 115 cm³/mol. The van der Waals surface area contributed by atoms with Crippen molar-refractivity contribution in [2.24, 2.45) is 0 Å². The van der Waals surface area contributed by atoms with E-state index in [2.05, 4.69) is 11.4 Å². The van der Waals surface area contributed by atoms with E-state index in [1.54, 1.807) is 25.1 Å². The first-order valence-electron chi connectivity index (χ1n) is 9.17. The highest BCUT2D eigenvalue weighted by Crippen LogP contribution is 2.26. The molecular weight excluding hydrogens is 396 g/mol. The number of carbonyl (C=O) groups is 1. The van der Waals surface area contributed by atoms with Gasteiger partial charge in [-0.1, -0.05) is 48.4 Å². The lowest BCUT2D eigenvalue weighted by atomic mass is 9.97. The zero-order chi connectivity index (χ0) is 21.1. The highest BCUT2D eigenvalue weighted by Gasteiger charge is 2.30. The number of amides is 1. The third kappa shape index (κ3) is 5.26. The molecule has 2 aromatic rings. The quantitative estimate of drug-likeness (QED) is 0.720. The second-order valence-corrected chi connectivity index (χ2v) is 9.34. The maximum Gasteiger partial charge on any atom is 0.244 e. The standard InChI is InChI=1S/C21H27ClN2O3S/c1-6-20(19-11-10-14(2)12-15(19)3)23-21(25)16(4)24(28(5,26)27)18-9-7-8-17(22)13-18/h7-13,16,20H,6H2,1-5H3,(H,23,25)/t16-,20-/m1/s1. The fraction of sp³-hybridized carbons (Fsp3) is 0.381. The Morgan fingerprint density at radius 2 is 1.86 bits per heavy atom. The molecule has 0 unspecified atom stereocenters. The summed E-state index contributed by atoms with van der Waals surface area (Å²) in [5.74, 6) is -0.364. The van der Waals surface area contributed by atoms with E-state index in [0.717, 1.165) is 27.3 Å². The maximum absolute atomic E-state index is 13.0. The lowest BCUT2D eigenvalue weighted by Crippen LogP contribution is -2.48. The molecule has 1 amide bonds. The Bertz CT molecular complexity index is 960. The van der Waals surface area contributed by atoms with E-state index in [4.69, 9.17) is 11.6 Å². The van der Waals surface area contributed by atoms with Gasteiger partial charge in [0.15, 0.2) is 0 Å². The fourth-order valence-electron chi connectivity index (χ4n) is 3.33. The van der Waals surface area contributed by atoms with Crippen LogP contribution >= 0.6 is 11.6 Å². The summed E-state index contributed by atoms with van der Waals surface area (Å²) < 4.78 is 25.9. The van der Waals surface area contributed by atoms with E-state index < -0.39 is 16.1 Å². The van der Waals surface area contributed by atoms with Crippen LogP contribution in [0.4, 0.5) is 5.69 Å². The molecule has 0 spiro atoms. The molecule has 0 aliphatic rings. The minimum atomic E-state index is -3.69. The number of rotatable bonds is 7. The average molecular weight is 423 g/mol. The molecule has 0 saturated heterocycles. The third-order valence-corrected chi connectivity index (χ3v) is 6.15. The normalized spacial score (nSPS) is 13.6. The van der Waals surface area contributed by atoms with Crippen LogP contribution in [-0.4, -0.2) is 26.6 Å². The van der Waals surface area contributed by atoms with Gasteiger partial charge >= 0.3 is 0 Å². The number of aryl methyl sites for hydroxylation is 2. The van der Waals surface area contributed by atoms with Crippen molar-refractivity contribution < 1.29 is 13.2 Å². The van der Waals surface area contributed by atoms with E-state index >= 15 is 0 Å². The van der Waals surface area contributed by atoms with Crippen molar-refractivity contribution in [3.05, 3.63) is 64.2 Å². The Kier molecular flexibility index (Phi) is 7.12. The Hall–Kier alpha value is -2.05. The summed E-state index contributed by atoms with van der Waals surface area (Å²) in [5, 5.41) is 3.41. The van der Waals surface area contributed by atoms with Crippen LogP contribution in [0.3, 0.4) is 0 Å². The van der Waals surface area contributed by atoms with E-state index in [0.29, 0.717) is 17.1 Å². The van der Waals surface area contributed by atoms with Gasteiger partial charge in [0, 0.05) is 5.02 Å². The zero-order valence-electron chi connectivity index (χ0n) is 16.9. The van der Waals surface area contributed by atoms with E-state index in [9.17, 15) is 13.2 Å². The van der Waals surface area contributed by atoms with Crippen LogP contribution < -0.4 is 9.62 Å². The van der Waals surface area contributed by atoms with Crippen molar-refractivity contribution in [3.63, 3.8) is 0 Å². The second kappa shape index (κ2) is 8.97. The molecular formula is C21H27ClN2O3S. The number of sulfonamides is 1. The van der Waals surface area contributed by atoms with Gasteiger partial charge in [-0.05, 0) is 56.5 Å². The number of benzene rings is 2. The minimum absolute atomic E-state index is 0.198. The molecule has 0 bridgehead atoms. The number of hydrogen-bond acceptors (Lipinski definition) is 3. The van der Waals surface area contributed by atoms with Gasteiger partial charge in [-0.2, -0.15) is 0 Å². The van der Waals surface area contributed by atoms with Crippen molar-refractivity contribution in [3.8, 4) is 0 Å². The second-order valence-electron chi connectivity index (χ2n) is 7.04. The zero-order valence-corrected chi connectivity index (χ0v) is 18.4. The van der Waals surface area contributed by atoms with Gasteiger partial charge < -0.3 is 5.32 Å². The largest absolute Gasteiger partial charge is 0.347 e. The molecule has 0 radical (unpaired) electrons. The van der Waals surface area contributed by atoms with Crippen molar-refractivity contribution in [2.45, 2.75) is 46.2 Å². The summed E-state index contributed by atoms with van der Waals surface area (Å²) in [7, 11) is -3.69. The molecule has 2 aromatic carbocycles. The SMILES string of the molecule is CC[C@@H](NC(=O)[C@@H](C)N(c1cccc(Cl)c1)S(C)(=O)=O)c1ccc(C)cc1C. The van der Waals surface area contributed by atoms with Crippen molar-refractivity contribution in [2.75, 3.05) is 10.6 Å². The molecule has 0 fully saturated rings. The summed E-state index contributed by atoms with van der Waals surface area (Å²) in [5.41, 5.74) is 3.63. The van der Waals surface area contributed by atoms with Crippen LogP contribution in [-0.2, 0) is 14.8 Å². The number of nitrogens with one attached hydrogen (secondary N) is 1. The van der Waals surface area contributed by atoms with Gasteiger partial charge in [-0.3, -0.25) is 9.10 Å². The van der Waals surface area contributed by atoms with Gasteiger partial charge in [0.2, 0.25) is 15.9 Å². The predicted octanol–water partition coefficient (Wildman–Crippen LogP) is 4.38. The molecule has 7 heteroatoms. The number of carbonyl (C=O) groups excluding carboxylic acids is 1. The molecule has 2 rings (SSSR count). The van der Waals surface area contributed by atoms with Crippen molar-refractivity contribution >= 4 is 33.2 Å². The first-order valence-corrected chi connectivity index (χ1v) is 11.4. The summed E-state index contributed by atoms with van der Waals surface area (Å²) >= 11 is 6.02. The van der Waals surface area contributed by atoms with Crippen LogP contribution in [0.2, 0.25) is 5.02 Å². The van der Waals surface area contributed by atoms with Gasteiger partial charge in [0.25, 0.3) is 0 Å². The highest BCUT2D eigenvalue weighted by atomic mass is 35.5. The molecule has 28 heavy (non-hydrogen) atoms. The Morgan fingerprint density at radius 3 is 2.39 bits per heavy atom. The topological polar surface area (TPSA) is 66.5 Å². The molecule has 0 aliphatic heterocycles. The molecule has 152 valence electrons. The van der Waals surface area contributed by atoms with Crippen LogP contribution in [0.1, 0.15) is 43.0 Å². The molecule has 0 aliphatic carbocycles. The number of anilines is 1. The lowest BCUT2D eigenvalue weighted by molar-refractivity contribution is -0.122. The lowest BCUT2D eigenvalue weighted by Gasteiger charge is -2.30. The van der Waals surface area contributed by atoms with Crippen LogP contribution in [0, 0.1) is 13.8 Å². The molecule has 0 saturated carbocycles. The Morgan fingerprint density at radius 1 is 1.18 bits per heavy atom. The van der Waals surface area contributed by atoms with Gasteiger partial charge in [0.1, 0.15) is 6.04 Å². The van der Waals surface area contributed by atoms with Crippen LogP contribution in [0.15, 0.2) is 42.5 Å². The van der Waals surface area contributed by atoms with Crippen LogP contribution in [0.25, 0.3) is 0 Å². The van der Waals surface area contributed by atoms with E-state index in [-0.39, 0.29) is 11.9 Å². The number of hydrogen-bond donors (Lipinski definition) is 1.